The van der Waals surface area contributed by atoms with E-state index in [2.05, 4.69) is 10.6 Å². The lowest BCUT2D eigenvalue weighted by Gasteiger charge is -2.32. The van der Waals surface area contributed by atoms with Crippen LogP contribution in [0.3, 0.4) is 0 Å². The number of anilines is 1. The van der Waals surface area contributed by atoms with Crippen molar-refractivity contribution in [1.29, 1.82) is 0 Å². The maximum atomic E-state index is 13.4. The van der Waals surface area contributed by atoms with Gasteiger partial charge in [0.05, 0.1) is 6.04 Å². The molecule has 2 N–H and O–H groups in total. The molecule has 0 spiro atoms. The van der Waals surface area contributed by atoms with Gasteiger partial charge in [-0.15, -0.1) is 0 Å². The molecule has 1 aliphatic heterocycles. The van der Waals surface area contributed by atoms with Crippen LogP contribution in [-0.2, 0) is 14.4 Å². The van der Waals surface area contributed by atoms with Gasteiger partial charge in [-0.1, -0.05) is 27.7 Å². The Hall–Kier alpha value is -3.11. The van der Waals surface area contributed by atoms with Crippen LogP contribution in [0.25, 0.3) is 0 Å². The smallest absolute Gasteiger partial charge is 0.378 e. The number of hydrogen-bond donors (Lipinski definition) is 2. The van der Waals surface area contributed by atoms with Crippen molar-refractivity contribution in [3.63, 3.8) is 0 Å². The van der Waals surface area contributed by atoms with Gasteiger partial charge in [0.15, 0.2) is 0 Å². The van der Waals surface area contributed by atoms with Crippen molar-refractivity contribution in [2.24, 2.45) is 11.8 Å². The molecule has 2 unspecified atom stereocenters. The molecule has 8 nitrogen and oxygen atoms in total. The Kier molecular flexibility index (Phi) is 9.51. The molecular formula is C25H35F3N4O4. The van der Waals surface area contributed by atoms with Crippen molar-refractivity contribution in [2.45, 2.75) is 64.8 Å². The molecule has 1 aromatic rings. The van der Waals surface area contributed by atoms with E-state index in [1.165, 1.54) is 18.7 Å². The van der Waals surface area contributed by atoms with Crippen LogP contribution in [0, 0.1) is 11.8 Å². The maximum Gasteiger partial charge on any atom is 0.452 e. The fraction of sp³-hybridized carbons (Fsp3) is 0.600. The summed E-state index contributed by atoms with van der Waals surface area (Å²) < 4.78 is 39.0. The molecule has 1 aromatic carbocycles. The van der Waals surface area contributed by atoms with Crippen molar-refractivity contribution in [3.05, 3.63) is 29.8 Å². The molecule has 36 heavy (non-hydrogen) atoms. The minimum Gasteiger partial charge on any atom is -0.378 e. The number of alkyl halides is 3. The topological polar surface area (TPSA) is 98.8 Å². The second-order valence-corrected chi connectivity index (χ2v) is 9.92. The first kappa shape index (κ1) is 29.1. The fourth-order valence-electron chi connectivity index (χ4n) is 4.09. The number of carbonyl (C=O) groups excluding carboxylic acids is 4. The molecule has 2 rings (SSSR count). The van der Waals surface area contributed by atoms with Crippen LogP contribution in [-0.4, -0.2) is 73.3 Å². The normalized spacial score (nSPS) is 17.6. The molecule has 1 fully saturated rings. The number of carbonyl (C=O) groups is 4. The first-order chi connectivity index (χ1) is 16.6. The summed E-state index contributed by atoms with van der Waals surface area (Å²) in [6.45, 7) is 6.52. The molecule has 0 aliphatic carbocycles. The first-order valence-electron chi connectivity index (χ1n) is 11.9. The van der Waals surface area contributed by atoms with Crippen LogP contribution < -0.4 is 15.5 Å². The Morgan fingerprint density at radius 3 is 1.97 bits per heavy atom. The van der Waals surface area contributed by atoms with Crippen LogP contribution in [0.1, 0.15) is 50.9 Å². The first-order valence-corrected chi connectivity index (χ1v) is 11.9. The number of hydrogen-bond acceptors (Lipinski definition) is 5. The van der Waals surface area contributed by atoms with Crippen molar-refractivity contribution < 1.29 is 32.3 Å². The third-order valence-electron chi connectivity index (χ3n) is 6.23. The number of likely N-dealkylation sites (tertiary alicyclic amines) is 1. The second kappa shape index (κ2) is 11.7. The van der Waals surface area contributed by atoms with E-state index in [4.69, 9.17) is 0 Å². The summed E-state index contributed by atoms with van der Waals surface area (Å²) in [4.78, 5) is 54.1. The number of ketones is 1. The second-order valence-electron chi connectivity index (χ2n) is 9.92. The van der Waals surface area contributed by atoms with Crippen LogP contribution in [0.4, 0.5) is 18.9 Å². The summed E-state index contributed by atoms with van der Waals surface area (Å²) in [5, 5.41) is 4.94. The van der Waals surface area contributed by atoms with Gasteiger partial charge in [-0.3, -0.25) is 19.2 Å². The molecule has 0 saturated carbocycles. The van der Waals surface area contributed by atoms with Gasteiger partial charge in [-0.25, -0.2) is 0 Å². The summed E-state index contributed by atoms with van der Waals surface area (Å²) in [5.74, 6) is -4.91. The Bertz CT molecular complexity index is 961. The van der Waals surface area contributed by atoms with Gasteiger partial charge in [0.2, 0.25) is 11.8 Å². The minimum atomic E-state index is -5.09. The summed E-state index contributed by atoms with van der Waals surface area (Å²) >= 11 is 0. The van der Waals surface area contributed by atoms with Gasteiger partial charge in [-0.05, 0) is 48.9 Å². The predicted molar refractivity (Wildman–Crippen MR) is 129 cm³/mol. The average molecular weight is 513 g/mol. The zero-order chi connectivity index (χ0) is 27.4. The van der Waals surface area contributed by atoms with E-state index in [0.29, 0.717) is 12.0 Å². The van der Waals surface area contributed by atoms with E-state index < -0.39 is 53.7 Å². The van der Waals surface area contributed by atoms with E-state index in [0.717, 1.165) is 5.69 Å². The average Bonchev–Trinajstić information content (AvgIpc) is 3.29. The zero-order valence-electron chi connectivity index (χ0n) is 21.5. The molecular weight excluding hydrogens is 477 g/mol. The molecule has 0 aromatic heterocycles. The summed E-state index contributed by atoms with van der Waals surface area (Å²) in [6.07, 6.45) is -4.38. The van der Waals surface area contributed by atoms with Gasteiger partial charge in [-0.2, -0.15) is 13.2 Å². The lowest BCUT2D eigenvalue weighted by molar-refractivity contribution is -0.175. The Morgan fingerprint density at radius 1 is 0.944 bits per heavy atom. The van der Waals surface area contributed by atoms with Gasteiger partial charge >= 0.3 is 6.18 Å². The van der Waals surface area contributed by atoms with Crippen LogP contribution in [0.5, 0.6) is 0 Å². The standard InChI is InChI=1S/C25H35F3N4O4/c1-14(2)19(21(33)25(26,27)28)29-23(35)18-8-7-13-32(18)24(36)20(15(3)4)30-22(34)16-9-11-17(12-10-16)31(5)6/h9-12,14-15,18-20H,7-8,13H2,1-6H3,(H,29,35)(H,30,34)/t18?,19?,20-/m0/s1. The Balaban J connectivity index is 2.17. The largest absolute Gasteiger partial charge is 0.452 e. The number of nitrogens with zero attached hydrogens (tertiary/aromatic N) is 2. The molecule has 11 heteroatoms. The number of rotatable bonds is 9. The molecule has 200 valence electrons. The number of Topliss-reactive ketones (excluding diaryl/α,β-unsaturated/α-hetero) is 1. The van der Waals surface area contributed by atoms with Gasteiger partial charge < -0.3 is 20.4 Å². The summed E-state index contributed by atoms with van der Waals surface area (Å²) in [6, 6.07) is 3.10. The van der Waals surface area contributed by atoms with E-state index in [1.54, 1.807) is 38.1 Å². The molecule has 1 heterocycles. The van der Waals surface area contributed by atoms with Gasteiger partial charge in [0, 0.05) is 31.9 Å². The molecule has 0 bridgehead atoms. The highest BCUT2D eigenvalue weighted by atomic mass is 19.4. The highest BCUT2D eigenvalue weighted by Gasteiger charge is 2.46. The quantitative estimate of drug-likeness (QED) is 0.530. The molecule has 1 aliphatic rings. The SMILES string of the molecule is CC(C)C(NC(=O)C1CCCN1C(=O)[C@@H](NC(=O)c1ccc(N(C)C)cc1)C(C)C)C(=O)C(F)(F)F. The Morgan fingerprint density at radius 2 is 1.50 bits per heavy atom. The maximum absolute atomic E-state index is 13.4. The van der Waals surface area contributed by atoms with Crippen LogP contribution in [0.15, 0.2) is 24.3 Å². The zero-order valence-corrected chi connectivity index (χ0v) is 21.5. The third kappa shape index (κ3) is 6.98. The fourth-order valence-corrected chi connectivity index (χ4v) is 4.09. The van der Waals surface area contributed by atoms with Crippen molar-refractivity contribution in [3.8, 4) is 0 Å². The molecule has 3 atom stereocenters. The van der Waals surface area contributed by atoms with Crippen molar-refractivity contribution >= 4 is 29.2 Å². The highest BCUT2D eigenvalue weighted by molar-refractivity contribution is 5.99. The number of nitrogens with one attached hydrogen (secondary N) is 2. The van der Waals surface area contributed by atoms with Crippen molar-refractivity contribution in [1.82, 2.24) is 15.5 Å². The lowest BCUT2D eigenvalue weighted by atomic mass is 9.98. The molecule has 0 radical (unpaired) electrons. The molecule has 1 saturated heterocycles. The number of amides is 3. The van der Waals surface area contributed by atoms with E-state index in [9.17, 15) is 32.3 Å². The minimum absolute atomic E-state index is 0.215. The Labute approximate surface area is 209 Å². The van der Waals surface area contributed by atoms with Crippen LogP contribution >= 0.6 is 0 Å². The van der Waals surface area contributed by atoms with E-state index >= 15 is 0 Å². The summed E-state index contributed by atoms with van der Waals surface area (Å²) in [5.41, 5.74) is 1.26. The van der Waals surface area contributed by atoms with Gasteiger partial charge in [0.25, 0.3) is 11.7 Å². The van der Waals surface area contributed by atoms with Crippen LogP contribution in [0.2, 0.25) is 0 Å². The molecule has 3 amide bonds. The highest BCUT2D eigenvalue weighted by Crippen LogP contribution is 2.24. The number of benzene rings is 1. The van der Waals surface area contributed by atoms with E-state index in [1.807, 2.05) is 19.0 Å². The van der Waals surface area contributed by atoms with Gasteiger partial charge in [0.1, 0.15) is 12.1 Å². The van der Waals surface area contributed by atoms with Crippen molar-refractivity contribution in [2.75, 3.05) is 25.5 Å². The predicted octanol–water partition coefficient (Wildman–Crippen LogP) is 2.77. The lowest BCUT2D eigenvalue weighted by Crippen LogP contribution is -2.58. The number of halogens is 3. The summed E-state index contributed by atoms with van der Waals surface area (Å²) in [7, 11) is 3.74. The third-order valence-corrected chi connectivity index (χ3v) is 6.23. The van der Waals surface area contributed by atoms with E-state index in [-0.39, 0.29) is 18.9 Å². The monoisotopic (exact) mass is 512 g/mol.